The average molecular weight is 565 g/mol. The Labute approximate surface area is 216 Å². The number of hydrogen-bond acceptors (Lipinski definition) is 12. The second-order valence-corrected chi connectivity index (χ2v) is 8.34. The maximum absolute atomic E-state index is 8.74. The summed E-state index contributed by atoms with van der Waals surface area (Å²) < 4.78 is 63.2. The summed E-state index contributed by atoms with van der Waals surface area (Å²) in [4.78, 5) is 24.5. The molecule has 0 fully saturated rings. The number of aromatic nitrogens is 6. The first-order chi connectivity index (χ1) is 17.9. The third kappa shape index (κ3) is 13.0. The summed E-state index contributed by atoms with van der Waals surface area (Å²) in [6.07, 6.45) is 5.78. The Morgan fingerprint density at radius 1 is 0.526 bits per heavy atom. The van der Waals surface area contributed by atoms with Crippen LogP contribution in [0.2, 0.25) is 0 Å². The summed E-state index contributed by atoms with van der Waals surface area (Å²) in [5.41, 5.74) is 3.45. The minimum Gasteiger partial charge on any atom is -0.322 e. The number of rotatable bonds is 6. The molecule has 0 aliphatic carbocycles. The minimum atomic E-state index is -4.67. The number of hydrogen-bond donors (Lipinski definition) is 6. The largest absolute Gasteiger partial charge is 0.394 e. The Morgan fingerprint density at radius 3 is 1.05 bits per heavy atom. The highest BCUT2D eigenvalue weighted by molar-refractivity contribution is 7.80. The number of benzene rings is 2. The van der Waals surface area contributed by atoms with Gasteiger partial charge in [-0.2, -0.15) is 16.8 Å². The fourth-order valence-electron chi connectivity index (χ4n) is 2.60. The van der Waals surface area contributed by atoms with Gasteiger partial charge in [0.15, 0.2) is 0 Å². The number of nitrogens with zero attached hydrogens (tertiary/aromatic N) is 6. The van der Waals surface area contributed by atoms with Crippen LogP contribution in [0.3, 0.4) is 0 Å². The Hall–Kier alpha value is -4.46. The second kappa shape index (κ2) is 14.3. The fourth-order valence-corrected chi connectivity index (χ4v) is 2.60. The van der Waals surface area contributed by atoms with Gasteiger partial charge >= 0.3 is 20.8 Å². The van der Waals surface area contributed by atoms with Crippen molar-refractivity contribution in [1.82, 2.24) is 29.9 Å². The highest BCUT2D eigenvalue weighted by atomic mass is 32.3. The SMILES string of the molecule is O=S(=O)(O)O.O=S(=O)(O)O.c1ccc(C(Nc2ncncn2)=C(Nc2ncncn2)c2ccccc2)cc1. The molecule has 0 saturated heterocycles. The summed E-state index contributed by atoms with van der Waals surface area (Å²) in [5, 5.41) is 6.60. The lowest BCUT2D eigenvalue weighted by atomic mass is 10.0. The molecule has 0 bridgehead atoms. The molecule has 16 nitrogen and oxygen atoms in total. The van der Waals surface area contributed by atoms with Gasteiger partial charge in [0, 0.05) is 11.1 Å². The topological polar surface area (TPSA) is 251 Å². The van der Waals surface area contributed by atoms with Gasteiger partial charge in [-0.3, -0.25) is 18.2 Å². The Kier molecular flexibility index (Phi) is 11.2. The lowest BCUT2D eigenvalue weighted by Crippen LogP contribution is -2.12. The van der Waals surface area contributed by atoms with Crippen LogP contribution in [0, 0.1) is 0 Å². The smallest absolute Gasteiger partial charge is 0.322 e. The van der Waals surface area contributed by atoms with E-state index in [1.807, 2.05) is 60.7 Å². The quantitative estimate of drug-likeness (QED) is 0.144. The van der Waals surface area contributed by atoms with Gasteiger partial charge in [0.05, 0.1) is 11.4 Å². The molecule has 18 heteroatoms. The third-order valence-electron chi connectivity index (χ3n) is 3.84. The van der Waals surface area contributed by atoms with Crippen LogP contribution in [-0.2, 0) is 20.8 Å². The van der Waals surface area contributed by atoms with Crippen molar-refractivity contribution in [2.45, 2.75) is 0 Å². The fraction of sp³-hybridized carbons (Fsp3) is 0. The van der Waals surface area contributed by atoms with Gasteiger partial charge in [-0.25, -0.2) is 29.9 Å². The van der Waals surface area contributed by atoms with E-state index in [1.54, 1.807) is 0 Å². The molecule has 6 N–H and O–H groups in total. The predicted molar refractivity (Wildman–Crippen MR) is 135 cm³/mol. The molecular weight excluding hydrogens is 544 g/mol. The molecule has 0 aliphatic heterocycles. The van der Waals surface area contributed by atoms with E-state index in [1.165, 1.54) is 25.3 Å². The van der Waals surface area contributed by atoms with Crippen molar-refractivity contribution >= 4 is 44.1 Å². The van der Waals surface area contributed by atoms with E-state index in [-0.39, 0.29) is 0 Å². The second-order valence-electron chi connectivity index (χ2n) is 6.55. The van der Waals surface area contributed by atoms with Crippen LogP contribution in [-0.4, -0.2) is 65.0 Å². The van der Waals surface area contributed by atoms with Gasteiger partial charge < -0.3 is 10.6 Å². The van der Waals surface area contributed by atoms with Crippen molar-refractivity contribution in [3.8, 4) is 0 Å². The van der Waals surface area contributed by atoms with Crippen molar-refractivity contribution in [1.29, 1.82) is 0 Å². The van der Waals surface area contributed by atoms with E-state index in [0.29, 0.717) is 11.9 Å². The van der Waals surface area contributed by atoms with Gasteiger partial charge in [0.2, 0.25) is 11.9 Å². The Bertz CT molecular complexity index is 1380. The minimum absolute atomic E-state index is 0.430. The lowest BCUT2D eigenvalue weighted by molar-refractivity contribution is 0.378. The molecule has 0 spiro atoms. The molecule has 2 aromatic heterocycles. The number of anilines is 2. The summed E-state index contributed by atoms with van der Waals surface area (Å²) >= 11 is 0. The molecule has 0 aliphatic rings. The van der Waals surface area contributed by atoms with Gasteiger partial charge in [0.1, 0.15) is 25.3 Å². The van der Waals surface area contributed by atoms with Gasteiger partial charge in [-0.1, -0.05) is 60.7 Å². The molecule has 0 amide bonds. The first-order valence-corrected chi connectivity index (χ1v) is 12.7. The molecule has 0 saturated carbocycles. The zero-order chi connectivity index (χ0) is 28.0. The molecule has 4 aromatic rings. The van der Waals surface area contributed by atoms with Crippen molar-refractivity contribution in [2.24, 2.45) is 0 Å². The first kappa shape index (κ1) is 29.8. The molecule has 0 radical (unpaired) electrons. The van der Waals surface area contributed by atoms with E-state index < -0.39 is 20.8 Å². The normalized spacial score (nSPS) is 11.5. The molecular formula is C20H20N8O8S2. The van der Waals surface area contributed by atoms with Crippen molar-refractivity contribution in [3.05, 3.63) is 97.1 Å². The van der Waals surface area contributed by atoms with E-state index in [9.17, 15) is 0 Å². The van der Waals surface area contributed by atoms with Gasteiger partial charge in [0.25, 0.3) is 0 Å². The number of nitrogens with one attached hydrogen (secondary N) is 2. The van der Waals surface area contributed by atoms with Crippen molar-refractivity contribution < 1.29 is 35.0 Å². The first-order valence-electron chi connectivity index (χ1n) is 9.93. The highest BCUT2D eigenvalue weighted by Crippen LogP contribution is 2.27. The van der Waals surface area contributed by atoms with Crippen LogP contribution in [0.15, 0.2) is 86.0 Å². The molecule has 200 valence electrons. The van der Waals surface area contributed by atoms with Crippen LogP contribution >= 0.6 is 0 Å². The van der Waals surface area contributed by atoms with E-state index >= 15 is 0 Å². The molecule has 4 rings (SSSR count). The van der Waals surface area contributed by atoms with Crippen LogP contribution in [0.5, 0.6) is 0 Å². The third-order valence-corrected chi connectivity index (χ3v) is 3.84. The standard InChI is InChI=1S/C20H16N8.2H2O4S/c1-3-7-15(8-4-1)17(27-19-23-11-21-12-24-19)18(16-9-5-2-6-10-16)28-20-25-13-22-14-26-20;2*1-5(2,3)4/h1-14H,(H,21,23,24,27)(H,22,25,26,28);2*(H2,1,2,3,4). The van der Waals surface area contributed by atoms with Crippen LogP contribution in [0.4, 0.5) is 11.9 Å². The maximum Gasteiger partial charge on any atom is 0.394 e. The summed E-state index contributed by atoms with van der Waals surface area (Å²) in [5.74, 6) is 0.861. The van der Waals surface area contributed by atoms with E-state index in [0.717, 1.165) is 22.5 Å². The van der Waals surface area contributed by atoms with Gasteiger partial charge in [-0.15, -0.1) is 0 Å². The summed E-state index contributed by atoms with van der Waals surface area (Å²) in [6.45, 7) is 0. The Balaban J connectivity index is 0.000000435. The maximum atomic E-state index is 8.74. The zero-order valence-corrected chi connectivity index (χ0v) is 20.6. The summed E-state index contributed by atoms with van der Waals surface area (Å²) in [6, 6.07) is 19.8. The van der Waals surface area contributed by atoms with Crippen LogP contribution in [0.1, 0.15) is 11.1 Å². The highest BCUT2D eigenvalue weighted by Gasteiger charge is 2.14. The molecule has 0 unspecified atom stereocenters. The van der Waals surface area contributed by atoms with Crippen molar-refractivity contribution in [2.75, 3.05) is 10.6 Å². The molecule has 2 aromatic carbocycles. The Morgan fingerprint density at radius 2 is 0.789 bits per heavy atom. The molecule has 0 atom stereocenters. The van der Waals surface area contributed by atoms with Gasteiger partial charge in [-0.05, 0) is 0 Å². The summed E-state index contributed by atoms with van der Waals surface area (Å²) in [7, 11) is -9.33. The zero-order valence-electron chi connectivity index (χ0n) is 19.0. The van der Waals surface area contributed by atoms with Crippen LogP contribution < -0.4 is 10.6 Å². The molecule has 2 heterocycles. The van der Waals surface area contributed by atoms with Crippen molar-refractivity contribution in [3.63, 3.8) is 0 Å². The monoisotopic (exact) mass is 564 g/mol. The average Bonchev–Trinajstić information content (AvgIpc) is 2.86. The van der Waals surface area contributed by atoms with Crippen LogP contribution in [0.25, 0.3) is 11.4 Å². The lowest BCUT2D eigenvalue weighted by Gasteiger charge is -2.18. The van der Waals surface area contributed by atoms with E-state index in [2.05, 4.69) is 40.5 Å². The molecule has 38 heavy (non-hydrogen) atoms. The predicted octanol–water partition coefficient (Wildman–Crippen LogP) is 1.80. The van der Waals surface area contributed by atoms with E-state index in [4.69, 9.17) is 35.0 Å².